The van der Waals surface area contributed by atoms with Gasteiger partial charge >= 0.3 is 0 Å². The molecule has 2 aromatic rings. The van der Waals surface area contributed by atoms with Crippen molar-refractivity contribution >= 4 is 21.4 Å². The number of carbonyl (C=O) groups excluding carboxylic acids is 1. The summed E-state index contributed by atoms with van der Waals surface area (Å²) in [6, 6.07) is 15.2. The van der Waals surface area contributed by atoms with Crippen LogP contribution in [0.1, 0.15) is 6.42 Å². The molecular formula is C19H22N2O4S. The van der Waals surface area contributed by atoms with E-state index in [2.05, 4.69) is 0 Å². The van der Waals surface area contributed by atoms with Gasteiger partial charge in [0.2, 0.25) is 21.2 Å². The fourth-order valence-electron chi connectivity index (χ4n) is 2.82. The highest BCUT2D eigenvalue weighted by Crippen LogP contribution is 2.36. The molecule has 0 bridgehead atoms. The Morgan fingerprint density at radius 2 is 1.77 bits per heavy atom. The highest BCUT2D eigenvalue weighted by Gasteiger charge is 2.38. The SMILES string of the molecule is CN(C)CCC(=O)N1CC(S(=O)(=O)c2ccccc2)Oc2ccccc21. The minimum absolute atomic E-state index is 0.0273. The molecule has 0 fully saturated rings. The topological polar surface area (TPSA) is 66.9 Å². The van der Waals surface area contributed by atoms with Crippen LogP contribution in [0.4, 0.5) is 5.69 Å². The van der Waals surface area contributed by atoms with E-state index in [1.54, 1.807) is 42.5 Å². The van der Waals surface area contributed by atoms with Crippen molar-refractivity contribution in [2.24, 2.45) is 0 Å². The molecule has 1 aliphatic heterocycles. The maximum atomic E-state index is 13.0. The molecule has 1 atom stereocenters. The van der Waals surface area contributed by atoms with Crippen molar-refractivity contribution in [3.63, 3.8) is 0 Å². The first-order chi connectivity index (χ1) is 12.4. The van der Waals surface area contributed by atoms with Gasteiger partial charge in [-0.05, 0) is 38.4 Å². The number of rotatable bonds is 5. The number of nitrogens with zero attached hydrogens (tertiary/aromatic N) is 2. The summed E-state index contributed by atoms with van der Waals surface area (Å²) in [7, 11) is 0.0552. The Morgan fingerprint density at radius 3 is 2.46 bits per heavy atom. The molecule has 138 valence electrons. The van der Waals surface area contributed by atoms with Crippen LogP contribution in [-0.4, -0.2) is 51.8 Å². The normalized spacial score (nSPS) is 16.9. The van der Waals surface area contributed by atoms with Gasteiger partial charge in [-0.25, -0.2) is 8.42 Å². The molecule has 0 radical (unpaired) electrons. The van der Waals surface area contributed by atoms with Gasteiger partial charge in [-0.15, -0.1) is 0 Å². The zero-order valence-corrected chi connectivity index (χ0v) is 15.6. The number of hydrogen-bond donors (Lipinski definition) is 0. The lowest BCUT2D eigenvalue weighted by Gasteiger charge is -2.34. The molecule has 1 amide bonds. The summed E-state index contributed by atoms with van der Waals surface area (Å²) in [6.07, 6.45) is 0.305. The molecule has 1 heterocycles. The Bertz CT molecular complexity index is 881. The van der Waals surface area contributed by atoms with Gasteiger partial charge in [0.15, 0.2) is 0 Å². The summed E-state index contributed by atoms with van der Waals surface area (Å²) in [5.41, 5.74) is -0.529. The fraction of sp³-hybridized carbons (Fsp3) is 0.316. The summed E-state index contributed by atoms with van der Waals surface area (Å²) in [4.78, 5) is 16.3. The van der Waals surface area contributed by atoms with E-state index in [-0.39, 0.29) is 17.3 Å². The summed E-state index contributed by atoms with van der Waals surface area (Å²) < 4.78 is 31.7. The summed E-state index contributed by atoms with van der Waals surface area (Å²) in [5.74, 6) is 0.282. The molecule has 0 aromatic heterocycles. The molecule has 1 aliphatic rings. The number of carbonyl (C=O) groups is 1. The highest BCUT2D eigenvalue weighted by atomic mass is 32.2. The number of ether oxygens (including phenoxy) is 1. The predicted octanol–water partition coefficient (Wildman–Crippen LogP) is 2.16. The van der Waals surface area contributed by atoms with E-state index in [0.717, 1.165) is 0 Å². The number of benzene rings is 2. The zero-order valence-electron chi connectivity index (χ0n) is 14.8. The molecule has 0 saturated carbocycles. The summed E-state index contributed by atoms with van der Waals surface area (Å²) in [6.45, 7) is 0.564. The first-order valence-electron chi connectivity index (χ1n) is 8.39. The average Bonchev–Trinajstić information content (AvgIpc) is 2.65. The van der Waals surface area contributed by atoms with Crippen LogP contribution in [0.3, 0.4) is 0 Å². The van der Waals surface area contributed by atoms with E-state index in [0.29, 0.717) is 24.4 Å². The van der Waals surface area contributed by atoms with Crippen LogP contribution in [0.5, 0.6) is 5.75 Å². The lowest BCUT2D eigenvalue weighted by atomic mass is 10.2. The van der Waals surface area contributed by atoms with Crippen molar-refractivity contribution in [3.05, 3.63) is 54.6 Å². The summed E-state index contributed by atoms with van der Waals surface area (Å²) in [5, 5.41) is 0. The minimum Gasteiger partial charge on any atom is -0.470 e. The molecule has 6 nitrogen and oxygen atoms in total. The van der Waals surface area contributed by atoms with Crippen LogP contribution >= 0.6 is 0 Å². The quantitative estimate of drug-likeness (QED) is 0.802. The molecular weight excluding hydrogens is 352 g/mol. The third kappa shape index (κ3) is 3.73. The highest BCUT2D eigenvalue weighted by molar-refractivity contribution is 7.92. The van der Waals surface area contributed by atoms with Crippen molar-refractivity contribution in [2.75, 3.05) is 32.1 Å². The maximum Gasteiger partial charge on any atom is 0.228 e. The summed E-state index contributed by atoms with van der Waals surface area (Å²) >= 11 is 0. The standard InChI is InChI=1S/C19H22N2O4S/c1-20(2)13-12-18(22)21-14-19(25-17-11-7-6-10-16(17)21)26(23,24)15-8-4-3-5-9-15/h3-11,19H,12-14H2,1-2H3. The van der Waals surface area contributed by atoms with Crippen molar-refractivity contribution in [2.45, 2.75) is 16.8 Å². The molecule has 3 rings (SSSR count). The molecule has 7 heteroatoms. The monoisotopic (exact) mass is 374 g/mol. The van der Waals surface area contributed by atoms with Crippen LogP contribution in [0, 0.1) is 0 Å². The Balaban J connectivity index is 1.93. The largest absolute Gasteiger partial charge is 0.470 e. The predicted molar refractivity (Wildman–Crippen MR) is 100 cm³/mol. The second-order valence-electron chi connectivity index (χ2n) is 6.43. The number of sulfone groups is 1. The molecule has 0 N–H and O–H groups in total. The Morgan fingerprint density at radius 1 is 1.12 bits per heavy atom. The van der Waals surface area contributed by atoms with Crippen LogP contribution in [0.2, 0.25) is 0 Å². The second-order valence-corrected chi connectivity index (χ2v) is 8.52. The van der Waals surface area contributed by atoms with Crippen LogP contribution in [-0.2, 0) is 14.6 Å². The Kier molecular flexibility index (Phi) is 5.29. The van der Waals surface area contributed by atoms with Crippen molar-refractivity contribution in [1.29, 1.82) is 0 Å². The number of anilines is 1. The number of amides is 1. The van der Waals surface area contributed by atoms with E-state index in [1.807, 2.05) is 19.0 Å². The lowest BCUT2D eigenvalue weighted by molar-refractivity contribution is -0.119. The van der Waals surface area contributed by atoms with Gasteiger partial charge in [0.1, 0.15) is 5.75 Å². The number of hydrogen-bond acceptors (Lipinski definition) is 5. The lowest BCUT2D eigenvalue weighted by Crippen LogP contribution is -2.47. The third-order valence-electron chi connectivity index (χ3n) is 4.24. The molecule has 26 heavy (non-hydrogen) atoms. The third-order valence-corrected chi connectivity index (χ3v) is 6.10. The second kappa shape index (κ2) is 7.47. The first kappa shape index (κ1) is 18.4. The Hall–Kier alpha value is -2.38. The maximum absolute atomic E-state index is 13.0. The van der Waals surface area contributed by atoms with E-state index >= 15 is 0 Å². The molecule has 1 unspecified atom stereocenters. The smallest absolute Gasteiger partial charge is 0.228 e. The zero-order chi connectivity index (χ0) is 18.7. The van der Waals surface area contributed by atoms with Gasteiger partial charge in [0, 0.05) is 13.0 Å². The van der Waals surface area contributed by atoms with Crippen molar-refractivity contribution in [1.82, 2.24) is 4.90 Å². The van der Waals surface area contributed by atoms with Gasteiger partial charge in [0.25, 0.3) is 0 Å². The molecule has 0 spiro atoms. The van der Waals surface area contributed by atoms with Crippen LogP contribution < -0.4 is 9.64 Å². The molecule has 0 aliphatic carbocycles. The number of fused-ring (bicyclic) bond motifs is 1. The molecule has 0 saturated heterocycles. The Labute approximate surface area is 153 Å². The van der Waals surface area contributed by atoms with Gasteiger partial charge in [0.05, 0.1) is 17.1 Å². The molecule has 2 aromatic carbocycles. The minimum atomic E-state index is -3.73. The van der Waals surface area contributed by atoms with Gasteiger partial charge in [-0.3, -0.25) is 4.79 Å². The van der Waals surface area contributed by atoms with E-state index in [9.17, 15) is 13.2 Å². The van der Waals surface area contributed by atoms with E-state index < -0.39 is 15.3 Å². The van der Waals surface area contributed by atoms with Gasteiger partial charge < -0.3 is 14.5 Å². The van der Waals surface area contributed by atoms with Gasteiger partial charge in [-0.2, -0.15) is 0 Å². The number of para-hydroxylation sites is 2. The van der Waals surface area contributed by atoms with Crippen molar-refractivity contribution in [3.8, 4) is 5.75 Å². The average molecular weight is 374 g/mol. The van der Waals surface area contributed by atoms with Crippen molar-refractivity contribution < 1.29 is 17.9 Å². The van der Waals surface area contributed by atoms with Crippen LogP contribution in [0.25, 0.3) is 0 Å². The fourth-order valence-corrected chi connectivity index (χ4v) is 4.24. The van der Waals surface area contributed by atoms with Crippen LogP contribution in [0.15, 0.2) is 59.5 Å². The van der Waals surface area contributed by atoms with Gasteiger partial charge in [-0.1, -0.05) is 30.3 Å². The van der Waals surface area contributed by atoms with E-state index in [1.165, 1.54) is 17.0 Å². The van der Waals surface area contributed by atoms with E-state index in [4.69, 9.17) is 4.74 Å². The first-order valence-corrected chi connectivity index (χ1v) is 9.94.